The summed E-state index contributed by atoms with van der Waals surface area (Å²) in [6, 6.07) is 7.11. The first-order chi connectivity index (χ1) is 16.3. The number of primary amides is 1. The number of amides is 1. The number of rotatable bonds is 5. The molecule has 8 nitrogen and oxygen atoms in total. The second-order valence-electron chi connectivity index (χ2n) is 8.40. The number of nitrogens with one attached hydrogen (secondary N) is 1. The Balaban J connectivity index is 1.64. The molecule has 0 spiro atoms. The van der Waals surface area contributed by atoms with Crippen LogP contribution in [0.2, 0.25) is 5.02 Å². The van der Waals surface area contributed by atoms with Crippen molar-refractivity contribution in [2.24, 2.45) is 5.73 Å². The van der Waals surface area contributed by atoms with Crippen molar-refractivity contribution in [3.8, 4) is 34.5 Å². The minimum atomic E-state index is -0.571. The largest absolute Gasteiger partial charge is 0.368 e. The van der Waals surface area contributed by atoms with E-state index >= 15 is 0 Å². The van der Waals surface area contributed by atoms with Gasteiger partial charge in [0.05, 0.1) is 28.6 Å². The van der Waals surface area contributed by atoms with Crippen LogP contribution in [-0.2, 0) is 4.74 Å². The lowest BCUT2D eigenvalue weighted by atomic mass is 10.0. The fourth-order valence-electron chi connectivity index (χ4n) is 3.99. The molecule has 1 aliphatic rings. The zero-order valence-electron chi connectivity index (χ0n) is 19.2. The highest BCUT2D eigenvalue weighted by Crippen LogP contribution is 2.33. The van der Waals surface area contributed by atoms with Crippen LogP contribution in [0.25, 0.3) is 22.6 Å². The molecule has 2 aromatic heterocycles. The third kappa shape index (κ3) is 5.39. The summed E-state index contributed by atoms with van der Waals surface area (Å²) in [6.45, 7) is 4.29. The third-order valence-corrected chi connectivity index (χ3v) is 6.13. The number of carbonyl (C=O) groups excluding carboxylic acids is 1. The molecule has 34 heavy (non-hydrogen) atoms. The first kappa shape index (κ1) is 23.8. The Morgan fingerprint density at radius 3 is 2.82 bits per heavy atom. The van der Waals surface area contributed by atoms with Crippen LogP contribution in [0.15, 0.2) is 30.5 Å². The molecule has 1 saturated heterocycles. The molecule has 0 aliphatic carbocycles. The maximum Gasteiger partial charge on any atom is 0.250 e. The quantitative estimate of drug-likeness (QED) is 0.484. The zero-order chi connectivity index (χ0) is 24.2. The van der Waals surface area contributed by atoms with Gasteiger partial charge in [-0.25, -0.2) is 9.97 Å². The number of nitrogen functional groups attached to an aromatic ring is 1. The van der Waals surface area contributed by atoms with Crippen LogP contribution < -0.4 is 11.5 Å². The number of hydrogen-bond donors (Lipinski definition) is 3. The summed E-state index contributed by atoms with van der Waals surface area (Å²) in [5.74, 6) is 5.66. The number of piperidine rings is 1. The number of ether oxygens (including phenoxy) is 1. The molecule has 1 aromatic carbocycles. The Hall–Kier alpha value is -3.38. The van der Waals surface area contributed by atoms with Gasteiger partial charge < -0.3 is 26.1 Å². The van der Waals surface area contributed by atoms with Gasteiger partial charge in [0, 0.05) is 29.9 Å². The van der Waals surface area contributed by atoms with E-state index in [0.717, 1.165) is 37.1 Å². The second kappa shape index (κ2) is 10.3. The van der Waals surface area contributed by atoms with Gasteiger partial charge in [0.1, 0.15) is 12.3 Å². The summed E-state index contributed by atoms with van der Waals surface area (Å²) >= 11 is 6.20. The predicted octanol–water partition coefficient (Wildman–Crippen LogP) is 3.24. The first-order valence-corrected chi connectivity index (χ1v) is 11.4. The van der Waals surface area contributed by atoms with Crippen LogP contribution in [0.4, 0.5) is 5.95 Å². The molecular weight excluding hydrogens is 452 g/mol. The number of halogens is 1. The molecule has 1 fully saturated rings. The van der Waals surface area contributed by atoms with Gasteiger partial charge in [0.15, 0.2) is 0 Å². The summed E-state index contributed by atoms with van der Waals surface area (Å²) in [5.41, 5.74) is 15.7. The Kier molecular flexibility index (Phi) is 7.17. The Morgan fingerprint density at radius 1 is 1.32 bits per heavy atom. The van der Waals surface area contributed by atoms with E-state index in [2.05, 4.69) is 38.7 Å². The molecule has 5 N–H and O–H groups in total. The maximum absolute atomic E-state index is 12.2. The fourth-order valence-corrected chi connectivity index (χ4v) is 4.16. The number of benzene rings is 1. The van der Waals surface area contributed by atoms with E-state index in [4.69, 9.17) is 27.8 Å². The van der Waals surface area contributed by atoms with E-state index in [1.54, 1.807) is 24.4 Å². The summed E-state index contributed by atoms with van der Waals surface area (Å²) in [6.07, 6.45) is 3.78. The molecule has 0 bridgehead atoms. The van der Waals surface area contributed by atoms with Crippen molar-refractivity contribution in [2.75, 3.05) is 32.5 Å². The predicted molar refractivity (Wildman–Crippen MR) is 133 cm³/mol. The van der Waals surface area contributed by atoms with E-state index in [0.29, 0.717) is 39.8 Å². The van der Waals surface area contributed by atoms with Gasteiger partial charge >= 0.3 is 0 Å². The first-order valence-electron chi connectivity index (χ1n) is 11.0. The lowest BCUT2D eigenvalue weighted by Gasteiger charge is -2.28. The molecule has 3 heterocycles. The van der Waals surface area contributed by atoms with Gasteiger partial charge in [0.2, 0.25) is 5.95 Å². The number of nitrogens with zero attached hydrogens (tertiary/aromatic N) is 3. The van der Waals surface area contributed by atoms with E-state index in [1.165, 1.54) is 0 Å². The molecular formula is C25H27ClN6O2. The van der Waals surface area contributed by atoms with Crippen molar-refractivity contribution in [1.29, 1.82) is 0 Å². The van der Waals surface area contributed by atoms with E-state index < -0.39 is 5.91 Å². The topological polar surface area (TPSA) is 123 Å². The average Bonchev–Trinajstić information content (AvgIpc) is 3.26. The van der Waals surface area contributed by atoms with Crippen molar-refractivity contribution in [1.82, 2.24) is 19.9 Å². The van der Waals surface area contributed by atoms with Crippen molar-refractivity contribution < 1.29 is 9.53 Å². The highest BCUT2D eigenvalue weighted by atomic mass is 35.5. The highest BCUT2D eigenvalue weighted by Gasteiger charge is 2.20. The number of carbonyl (C=O) groups is 1. The van der Waals surface area contributed by atoms with Crippen LogP contribution in [-0.4, -0.2) is 58.6 Å². The van der Waals surface area contributed by atoms with E-state index in [9.17, 15) is 4.79 Å². The lowest BCUT2D eigenvalue weighted by molar-refractivity contribution is 0.0306. The minimum absolute atomic E-state index is 0.0961. The number of H-pyrrole nitrogens is 1. The molecule has 0 unspecified atom stereocenters. The summed E-state index contributed by atoms with van der Waals surface area (Å²) < 4.78 is 5.91. The standard InChI is InChI=1S/C25H27ClN6O2/c1-15-5-6-17(26)12-19(15)23-20(24(27)33)13-21(30-23)22-16(14-29-25(28)31-22)4-3-11-34-18-7-9-32(2)10-8-18/h5-6,12-14,18,30H,7-11H2,1-2H3,(H2,27,33)(H2,28,29,31). The number of hydrogen-bond acceptors (Lipinski definition) is 6. The van der Waals surface area contributed by atoms with Crippen molar-refractivity contribution in [2.45, 2.75) is 25.9 Å². The fraction of sp³-hybridized carbons (Fsp3) is 0.320. The Morgan fingerprint density at radius 2 is 2.09 bits per heavy atom. The van der Waals surface area contributed by atoms with Crippen LogP contribution in [0, 0.1) is 18.8 Å². The van der Waals surface area contributed by atoms with Gasteiger partial charge in [-0.15, -0.1) is 0 Å². The summed E-state index contributed by atoms with van der Waals surface area (Å²) in [4.78, 5) is 26.3. The minimum Gasteiger partial charge on any atom is -0.368 e. The van der Waals surface area contributed by atoms with Crippen molar-refractivity contribution in [3.63, 3.8) is 0 Å². The molecule has 0 atom stereocenters. The molecule has 4 rings (SSSR count). The number of aromatic nitrogens is 3. The molecule has 1 aliphatic heterocycles. The van der Waals surface area contributed by atoms with Crippen LogP contribution in [0.3, 0.4) is 0 Å². The summed E-state index contributed by atoms with van der Waals surface area (Å²) in [5, 5.41) is 0.551. The number of aromatic amines is 1. The smallest absolute Gasteiger partial charge is 0.250 e. The second-order valence-corrected chi connectivity index (χ2v) is 8.84. The van der Waals surface area contributed by atoms with Gasteiger partial charge in [-0.05, 0) is 50.6 Å². The lowest BCUT2D eigenvalue weighted by Crippen LogP contribution is -2.34. The highest BCUT2D eigenvalue weighted by molar-refractivity contribution is 6.31. The van der Waals surface area contributed by atoms with Gasteiger partial charge in [-0.2, -0.15) is 0 Å². The maximum atomic E-state index is 12.2. The number of anilines is 1. The van der Waals surface area contributed by atoms with Gasteiger partial charge in [0.25, 0.3) is 5.91 Å². The van der Waals surface area contributed by atoms with Crippen molar-refractivity contribution in [3.05, 3.63) is 52.2 Å². The molecule has 9 heteroatoms. The SMILES string of the molecule is Cc1ccc(Cl)cc1-c1[nH]c(-c2nc(N)ncc2C#CCOC2CCN(C)CC2)cc1C(N)=O. The summed E-state index contributed by atoms with van der Waals surface area (Å²) in [7, 11) is 2.11. The van der Waals surface area contributed by atoms with Gasteiger partial charge in [-0.3, -0.25) is 4.79 Å². The zero-order valence-corrected chi connectivity index (χ0v) is 19.9. The average molecular weight is 479 g/mol. The Bertz CT molecular complexity index is 1270. The normalized spacial score (nSPS) is 14.6. The monoisotopic (exact) mass is 478 g/mol. The molecule has 0 saturated carbocycles. The molecule has 3 aromatic rings. The van der Waals surface area contributed by atoms with E-state index in [1.807, 2.05) is 13.0 Å². The van der Waals surface area contributed by atoms with Crippen molar-refractivity contribution >= 4 is 23.5 Å². The molecule has 176 valence electrons. The van der Waals surface area contributed by atoms with Crippen LogP contribution in [0.5, 0.6) is 0 Å². The van der Waals surface area contributed by atoms with Crippen LogP contribution in [0.1, 0.15) is 34.3 Å². The third-order valence-electron chi connectivity index (χ3n) is 5.89. The van der Waals surface area contributed by atoms with E-state index in [-0.39, 0.29) is 12.1 Å². The number of aryl methyl sites for hydroxylation is 1. The number of nitrogens with two attached hydrogens (primary N) is 2. The number of likely N-dealkylation sites (tertiary alicyclic amines) is 1. The molecule has 0 radical (unpaired) electrons. The Labute approximate surface area is 203 Å². The van der Waals surface area contributed by atoms with Gasteiger partial charge in [-0.1, -0.05) is 29.5 Å². The molecule has 1 amide bonds. The van der Waals surface area contributed by atoms with Crippen LogP contribution >= 0.6 is 11.6 Å².